The molecule has 0 aliphatic carbocycles. The van der Waals surface area contributed by atoms with E-state index in [1.54, 1.807) is 30.3 Å². The number of nitrogens with zero attached hydrogens (tertiary/aromatic N) is 2. The lowest BCUT2D eigenvalue weighted by Gasteiger charge is -2.01. The van der Waals surface area contributed by atoms with Crippen LogP contribution in [-0.2, 0) is 4.84 Å². The van der Waals surface area contributed by atoms with Crippen molar-refractivity contribution in [2.45, 2.75) is 0 Å². The van der Waals surface area contributed by atoms with Crippen LogP contribution in [-0.4, -0.2) is 17.2 Å². The molecule has 0 radical (unpaired) electrons. The summed E-state index contributed by atoms with van der Waals surface area (Å²) in [4.78, 5) is 26.1. The van der Waals surface area contributed by atoms with Crippen LogP contribution in [0, 0.1) is 10.1 Å². The van der Waals surface area contributed by atoms with Crippen LogP contribution in [0.15, 0.2) is 59.8 Å². The topological polar surface area (TPSA) is 93.8 Å². The highest BCUT2D eigenvalue weighted by Gasteiger charge is 2.05. The third-order valence-corrected chi connectivity index (χ3v) is 2.44. The number of hydrogen-bond donors (Lipinski definition) is 1. The highest BCUT2D eigenvalue weighted by Crippen LogP contribution is 2.11. The van der Waals surface area contributed by atoms with Crippen molar-refractivity contribution in [1.82, 2.24) is 0 Å². The first-order valence-corrected chi connectivity index (χ1v) is 5.96. The largest absolute Gasteiger partial charge is 0.437 e. The molecule has 2 aromatic rings. The SMILES string of the molecule is O=C(Nc1ccccc1)ON=Cc1cccc([N+](=O)[O-])c1. The fraction of sp³-hybridized carbons (Fsp3) is 0. The number of carbonyl (C=O) groups is 1. The molecule has 0 atom stereocenters. The summed E-state index contributed by atoms with van der Waals surface area (Å²) in [5.41, 5.74) is 0.970. The maximum atomic E-state index is 11.4. The fourth-order valence-electron chi connectivity index (χ4n) is 1.52. The molecule has 7 heteroatoms. The Morgan fingerprint density at radius 1 is 1.19 bits per heavy atom. The minimum atomic E-state index is -0.747. The summed E-state index contributed by atoms with van der Waals surface area (Å²) < 4.78 is 0. The predicted molar refractivity (Wildman–Crippen MR) is 77.2 cm³/mol. The normalized spacial score (nSPS) is 10.3. The third kappa shape index (κ3) is 4.43. The molecular weight excluding hydrogens is 274 g/mol. The van der Waals surface area contributed by atoms with E-state index in [0.29, 0.717) is 11.3 Å². The van der Waals surface area contributed by atoms with E-state index in [1.807, 2.05) is 6.07 Å². The first kappa shape index (κ1) is 14.2. The lowest BCUT2D eigenvalue weighted by Crippen LogP contribution is -2.10. The molecule has 21 heavy (non-hydrogen) atoms. The van der Waals surface area contributed by atoms with Gasteiger partial charge in [0.15, 0.2) is 0 Å². The van der Waals surface area contributed by atoms with Crippen LogP contribution >= 0.6 is 0 Å². The minimum Gasteiger partial charge on any atom is -0.298 e. The number of benzene rings is 2. The number of amides is 1. The van der Waals surface area contributed by atoms with Crippen LogP contribution in [0.1, 0.15) is 5.56 Å². The molecule has 0 heterocycles. The Morgan fingerprint density at radius 2 is 1.95 bits per heavy atom. The van der Waals surface area contributed by atoms with E-state index >= 15 is 0 Å². The van der Waals surface area contributed by atoms with Gasteiger partial charge < -0.3 is 0 Å². The lowest BCUT2D eigenvalue weighted by atomic mass is 10.2. The van der Waals surface area contributed by atoms with Crippen molar-refractivity contribution in [3.05, 3.63) is 70.3 Å². The summed E-state index contributed by atoms with van der Waals surface area (Å²) >= 11 is 0. The zero-order valence-corrected chi connectivity index (χ0v) is 10.8. The van der Waals surface area contributed by atoms with Crippen LogP contribution in [0.25, 0.3) is 0 Å². The van der Waals surface area contributed by atoms with Crippen molar-refractivity contribution in [2.75, 3.05) is 5.32 Å². The molecule has 0 fully saturated rings. The number of para-hydroxylation sites is 1. The summed E-state index contributed by atoms with van der Waals surface area (Å²) in [6.07, 6.45) is 0.472. The van der Waals surface area contributed by atoms with E-state index < -0.39 is 11.0 Å². The van der Waals surface area contributed by atoms with Gasteiger partial charge in [-0.1, -0.05) is 35.5 Å². The number of oxime groups is 1. The van der Waals surface area contributed by atoms with E-state index in [4.69, 9.17) is 0 Å². The van der Waals surface area contributed by atoms with Gasteiger partial charge in [0.05, 0.1) is 11.1 Å². The molecule has 0 saturated heterocycles. The monoisotopic (exact) mass is 285 g/mol. The average Bonchev–Trinajstić information content (AvgIpc) is 2.48. The van der Waals surface area contributed by atoms with Crippen molar-refractivity contribution >= 4 is 23.7 Å². The molecule has 0 aliphatic rings. The molecule has 106 valence electrons. The Hall–Kier alpha value is -3.22. The van der Waals surface area contributed by atoms with Crippen LogP contribution in [0.2, 0.25) is 0 Å². The second kappa shape index (κ2) is 6.80. The number of carbonyl (C=O) groups excluding carboxylic acids is 1. The Morgan fingerprint density at radius 3 is 2.67 bits per heavy atom. The number of nitro benzene ring substituents is 1. The van der Waals surface area contributed by atoms with Gasteiger partial charge in [-0.15, -0.1) is 0 Å². The molecular formula is C14H11N3O4. The predicted octanol–water partition coefficient (Wildman–Crippen LogP) is 3.18. The third-order valence-electron chi connectivity index (χ3n) is 2.44. The van der Waals surface area contributed by atoms with Crippen LogP contribution in [0.5, 0.6) is 0 Å². The minimum absolute atomic E-state index is 0.0623. The zero-order chi connectivity index (χ0) is 15.1. The summed E-state index contributed by atoms with van der Waals surface area (Å²) in [5.74, 6) is 0. The standard InChI is InChI=1S/C14H11N3O4/c18-14(16-12-6-2-1-3-7-12)21-15-10-11-5-4-8-13(9-11)17(19)20/h1-10H,(H,16,18). The number of hydrogen-bond acceptors (Lipinski definition) is 5. The molecule has 0 unspecified atom stereocenters. The highest BCUT2D eigenvalue weighted by molar-refractivity contribution is 5.86. The molecule has 2 rings (SSSR count). The highest BCUT2D eigenvalue weighted by atomic mass is 16.7. The van der Waals surface area contributed by atoms with Crippen molar-refractivity contribution < 1.29 is 14.6 Å². The van der Waals surface area contributed by atoms with Gasteiger partial charge in [-0.2, -0.15) is 0 Å². The van der Waals surface area contributed by atoms with Crippen molar-refractivity contribution in [1.29, 1.82) is 0 Å². The van der Waals surface area contributed by atoms with Gasteiger partial charge in [0.2, 0.25) is 0 Å². The molecule has 0 bridgehead atoms. The molecule has 0 spiro atoms. The summed E-state index contributed by atoms with van der Waals surface area (Å²) in [6, 6.07) is 14.6. The molecule has 7 nitrogen and oxygen atoms in total. The summed E-state index contributed by atoms with van der Waals surface area (Å²) in [6.45, 7) is 0. The summed E-state index contributed by atoms with van der Waals surface area (Å²) in [5, 5.41) is 16.6. The van der Waals surface area contributed by atoms with Crippen LogP contribution < -0.4 is 5.32 Å². The average molecular weight is 285 g/mol. The first-order valence-electron chi connectivity index (χ1n) is 5.96. The molecule has 1 amide bonds. The van der Waals surface area contributed by atoms with Crippen molar-refractivity contribution in [3.8, 4) is 0 Å². The summed E-state index contributed by atoms with van der Waals surface area (Å²) in [7, 11) is 0. The van der Waals surface area contributed by atoms with E-state index in [0.717, 1.165) is 0 Å². The molecule has 0 aromatic heterocycles. The van der Waals surface area contributed by atoms with E-state index in [9.17, 15) is 14.9 Å². The van der Waals surface area contributed by atoms with E-state index in [1.165, 1.54) is 24.4 Å². The first-order chi connectivity index (χ1) is 10.1. The smallest absolute Gasteiger partial charge is 0.298 e. The van der Waals surface area contributed by atoms with Gasteiger partial charge in [-0.3, -0.25) is 20.3 Å². The number of rotatable bonds is 4. The second-order valence-corrected chi connectivity index (χ2v) is 3.96. The number of nitrogens with one attached hydrogen (secondary N) is 1. The Balaban J connectivity index is 1.91. The molecule has 0 aliphatic heterocycles. The second-order valence-electron chi connectivity index (χ2n) is 3.96. The molecule has 2 aromatic carbocycles. The van der Waals surface area contributed by atoms with Crippen molar-refractivity contribution in [2.24, 2.45) is 5.16 Å². The zero-order valence-electron chi connectivity index (χ0n) is 10.8. The Kier molecular flexibility index (Phi) is 4.60. The van der Waals surface area contributed by atoms with Crippen LogP contribution in [0.4, 0.5) is 16.2 Å². The van der Waals surface area contributed by atoms with Gasteiger partial charge in [-0.25, -0.2) is 4.79 Å². The number of non-ortho nitro benzene ring substituents is 1. The fourth-order valence-corrected chi connectivity index (χ4v) is 1.52. The van der Waals surface area contributed by atoms with Crippen molar-refractivity contribution in [3.63, 3.8) is 0 Å². The van der Waals surface area contributed by atoms with Gasteiger partial charge in [0.1, 0.15) is 0 Å². The maximum Gasteiger partial charge on any atom is 0.437 e. The lowest BCUT2D eigenvalue weighted by molar-refractivity contribution is -0.384. The maximum absolute atomic E-state index is 11.4. The van der Waals surface area contributed by atoms with Gasteiger partial charge >= 0.3 is 6.09 Å². The van der Waals surface area contributed by atoms with Gasteiger partial charge in [-0.05, 0) is 12.1 Å². The van der Waals surface area contributed by atoms with E-state index in [-0.39, 0.29) is 5.69 Å². The number of nitro groups is 1. The molecule has 1 N–H and O–H groups in total. The number of anilines is 1. The Labute approximate surface area is 120 Å². The van der Waals surface area contributed by atoms with Gasteiger partial charge in [0, 0.05) is 23.4 Å². The van der Waals surface area contributed by atoms with E-state index in [2.05, 4.69) is 15.3 Å². The van der Waals surface area contributed by atoms with Gasteiger partial charge in [0.25, 0.3) is 5.69 Å². The Bertz CT molecular complexity index is 671. The quantitative estimate of drug-likeness (QED) is 0.404. The molecule has 0 saturated carbocycles. The van der Waals surface area contributed by atoms with Crippen LogP contribution in [0.3, 0.4) is 0 Å².